The fraction of sp³-hybridized carbons (Fsp3) is 0.500. The minimum absolute atomic E-state index is 0.0608. The van der Waals surface area contributed by atoms with Crippen LogP contribution in [0.3, 0.4) is 0 Å². The van der Waals surface area contributed by atoms with E-state index in [4.69, 9.17) is 0 Å². The molecular weight excluding hydrogens is 294 g/mol. The maximum Gasteiger partial charge on any atom is 0.341 e. The number of methoxy groups -OCH3 is 1. The Hall–Kier alpha value is -1.60. The van der Waals surface area contributed by atoms with Crippen LogP contribution in [0.25, 0.3) is 0 Å². The fourth-order valence-corrected chi connectivity index (χ4v) is 3.29. The van der Waals surface area contributed by atoms with Crippen LogP contribution in [-0.4, -0.2) is 33.1 Å². The smallest absolute Gasteiger partial charge is 0.341 e. The molecule has 2 rings (SSSR count). The van der Waals surface area contributed by atoms with Crippen molar-refractivity contribution in [2.75, 3.05) is 13.7 Å². The lowest BCUT2D eigenvalue weighted by molar-refractivity contribution is 0.0597. The zero-order valence-corrected chi connectivity index (χ0v) is 12.6. The van der Waals surface area contributed by atoms with Gasteiger partial charge in [0.2, 0.25) is 10.0 Å². The summed E-state index contributed by atoms with van der Waals surface area (Å²) in [5.74, 6) is -0.479. The Morgan fingerprint density at radius 3 is 2.71 bits per heavy atom. The van der Waals surface area contributed by atoms with Crippen LogP contribution in [0.1, 0.15) is 36.0 Å². The highest BCUT2D eigenvalue weighted by Gasteiger charge is 2.21. The highest BCUT2D eigenvalue weighted by atomic mass is 32.2. The number of rotatable bonds is 6. The molecule has 1 aliphatic carbocycles. The van der Waals surface area contributed by atoms with Crippen LogP contribution < -0.4 is 4.72 Å². The summed E-state index contributed by atoms with van der Waals surface area (Å²) in [5.41, 5.74) is -0.167. The molecule has 1 aromatic carbocycles. The monoisotopic (exact) mass is 313 g/mol. The Kier molecular flexibility index (Phi) is 4.84. The van der Waals surface area contributed by atoms with E-state index in [1.54, 1.807) is 0 Å². The maximum absolute atomic E-state index is 12.1. The Bertz CT molecular complexity index is 622. The van der Waals surface area contributed by atoms with E-state index in [1.165, 1.54) is 25.7 Å². The summed E-state index contributed by atoms with van der Waals surface area (Å²) >= 11 is 0. The van der Waals surface area contributed by atoms with Crippen molar-refractivity contribution < 1.29 is 23.1 Å². The number of sulfonamides is 1. The Morgan fingerprint density at radius 1 is 1.43 bits per heavy atom. The number of esters is 1. The van der Waals surface area contributed by atoms with Gasteiger partial charge < -0.3 is 9.84 Å². The Morgan fingerprint density at radius 2 is 2.14 bits per heavy atom. The first-order chi connectivity index (χ1) is 9.94. The molecule has 0 aliphatic heterocycles. The number of carbonyl (C=O) groups is 1. The van der Waals surface area contributed by atoms with Crippen molar-refractivity contribution in [3.63, 3.8) is 0 Å². The molecule has 0 amide bonds. The summed E-state index contributed by atoms with van der Waals surface area (Å²) in [6.45, 7) is 0.376. The van der Waals surface area contributed by atoms with Crippen molar-refractivity contribution in [1.29, 1.82) is 0 Å². The first kappa shape index (κ1) is 15.8. The van der Waals surface area contributed by atoms with E-state index < -0.39 is 16.0 Å². The van der Waals surface area contributed by atoms with Crippen LogP contribution in [0, 0.1) is 5.92 Å². The number of phenols is 1. The summed E-state index contributed by atoms with van der Waals surface area (Å²) in [4.78, 5) is 11.4. The van der Waals surface area contributed by atoms with Crippen molar-refractivity contribution in [3.8, 4) is 5.75 Å². The second-order valence-corrected chi connectivity index (χ2v) is 6.92. The molecule has 0 saturated heterocycles. The second kappa shape index (κ2) is 6.44. The van der Waals surface area contributed by atoms with Gasteiger partial charge in [-0.05, 0) is 30.5 Å². The van der Waals surface area contributed by atoms with Gasteiger partial charge in [0.1, 0.15) is 11.3 Å². The van der Waals surface area contributed by atoms with E-state index >= 15 is 0 Å². The normalized spacial score (nSPS) is 15.5. The number of nitrogens with one attached hydrogen (secondary N) is 1. The van der Waals surface area contributed by atoms with Crippen LogP contribution >= 0.6 is 0 Å². The topological polar surface area (TPSA) is 92.7 Å². The number of hydrogen-bond donors (Lipinski definition) is 2. The molecule has 0 heterocycles. The summed E-state index contributed by atoms with van der Waals surface area (Å²) < 4.78 is 31.3. The van der Waals surface area contributed by atoms with Gasteiger partial charge in [-0.2, -0.15) is 0 Å². The molecule has 0 unspecified atom stereocenters. The average Bonchev–Trinajstić information content (AvgIpc) is 2.41. The van der Waals surface area contributed by atoms with Gasteiger partial charge in [-0.15, -0.1) is 0 Å². The van der Waals surface area contributed by atoms with Crippen molar-refractivity contribution in [2.24, 2.45) is 5.92 Å². The van der Waals surface area contributed by atoms with Gasteiger partial charge in [0, 0.05) is 6.54 Å². The third-order valence-corrected chi connectivity index (χ3v) is 5.21. The van der Waals surface area contributed by atoms with Crippen LogP contribution in [0.4, 0.5) is 0 Å². The molecular formula is C14H19NO5S. The predicted octanol–water partition coefficient (Wildman–Crippen LogP) is 1.65. The number of ether oxygens (including phenoxy) is 1. The van der Waals surface area contributed by atoms with E-state index in [2.05, 4.69) is 9.46 Å². The second-order valence-electron chi connectivity index (χ2n) is 5.15. The predicted molar refractivity (Wildman–Crippen MR) is 76.6 cm³/mol. The maximum atomic E-state index is 12.1. The third-order valence-electron chi connectivity index (χ3n) is 3.75. The van der Waals surface area contributed by atoms with Gasteiger partial charge in [-0.1, -0.05) is 19.3 Å². The van der Waals surface area contributed by atoms with Gasteiger partial charge in [0.25, 0.3) is 0 Å². The molecule has 1 fully saturated rings. The van der Waals surface area contributed by atoms with Gasteiger partial charge >= 0.3 is 5.97 Å². The minimum Gasteiger partial charge on any atom is -0.507 e. The molecule has 0 radical (unpaired) electrons. The van der Waals surface area contributed by atoms with Gasteiger partial charge in [-0.25, -0.2) is 17.9 Å². The molecule has 1 saturated carbocycles. The Labute approximate surface area is 124 Å². The summed E-state index contributed by atoms with van der Waals surface area (Å²) in [5, 5.41) is 9.57. The van der Waals surface area contributed by atoms with Crippen molar-refractivity contribution in [2.45, 2.75) is 30.6 Å². The van der Waals surface area contributed by atoms with E-state index in [-0.39, 0.29) is 16.2 Å². The van der Waals surface area contributed by atoms with Crippen LogP contribution in [0.5, 0.6) is 5.75 Å². The highest BCUT2D eigenvalue weighted by Crippen LogP contribution is 2.29. The van der Waals surface area contributed by atoms with E-state index in [0.29, 0.717) is 12.5 Å². The van der Waals surface area contributed by atoms with Gasteiger partial charge in [-0.3, -0.25) is 0 Å². The van der Waals surface area contributed by atoms with Crippen LogP contribution in [-0.2, 0) is 14.8 Å². The summed E-state index contributed by atoms with van der Waals surface area (Å²) in [7, 11) is -2.52. The molecule has 6 nitrogen and oxygen atoms in total. The fourth-order valence-electron chi connectivity index (χ4n) is 2.22. The zero-order chi connectivity index (χ0) is 15.5. The first-order valence-electron chi connectivity index (χ1n) is 6.85. The van der Waals surface area contributed by atoms with Crippen LogP contribution in [0.2, 0.25) is 0 Å². The molecule has 21 heavy (non-hydrogen) atoms. The quantitative estimate of drug-likeness (QED) is 0.779. The molecule has 0 aromatic heterocycles. The number of carbonyl (C=O) groups excluding carboxylic acids is 1. The van der Waals surface area contributed by atoms with Crippen molar-refractivity contribution >= 4 is 16.0 Å². The summed E-state index contributed by atoms with van der Waals surface area (Å²) in [6.07, 6.45) is 4.36. The third kappa shape index (κ3) is 3.74. The average molecular weight is 313 g/mol. The minimum atomic E-state index is -3.69. The number of hydrogen-bond acceptors (Lipinski definition) is 5. The standard InChI is InChI=1S/C14H19NO5S/c1-20-14(17)12-9-11(5-6-13(12)16)21(18,19)15-8-7-10-3-2-4-10/h5-6,9-10,15-16H,2-4,7-8H2,1H3. The number of phenolic OH excluding ortho intramolecular Hbond substituents is 1. The number of benzene rings is 1. The lowest BCUT2D eigenvalue weighted by atomic mass is 9.83. The first-order valence-corrected chi connectivity index (χ1v) is 8.33. The van der Waals surface area contributed by atoms with E-state index in [9.17, 15) is 18.3 Å². The SMILES string of the molecule is COC(=O)c1cc(S(=O)(=O)NCCC2CCC2)ccc1O. The zero-order valence-electron chi connectivity index (χ0n) is 11.8. The van der Waals surface area contributed by atoms with Crippen molar-refractivity contribution in [3.05, 3.63) is 23.8 Å². The van der Waals surface area contributed by atoms with Crippen LogP contribution in [0.15, 0.2) is 23.1 Å². The molecule has 0 atom stereocenters. The molecule has 0 bridgehead atoms. The van der Waals surface area contributed by atoms with Gasteiger partial charge in [0.15, 0.2) is 0 Å². The van der Waals surface area contributed by atoms with E-state index in [1.807, 2.05) is 0 Å². The lowest BCUT2D eigenvalue weighted by Gasteiger charge is -2.25. The molecule has 1 aliphatic rings. The molecule has 1 aromatic rings. The van der Waals surface area contributed by atoms with Crippen molar-refractivity contribution in [1.82, 2.24) is 4.72 Å². The lowest BCUT2D eigenvalue weighted by Crippen LogP contribution is -2.27. The largest absolute Gasteiger partial charge is 0.507 e. The molecule has 7 heteroatoms. The number of aromatic hydroxyl groups is 1. The highest BCUT2D eigenvalue weighted by molar-refractivity contribution is 7.89. The molecule has 0 spiro atoms. The van der Waals surface area contributed by atoms with Gasteiger partial charge in [0.05, 0.1) is 12.0 Å². The summed E-state index contributed by atoms with van der Waals surface area (Å²) in [6, 6.07) is 3.55. The van der Waals surface area contributed by atoms with E-state index in [0.717, 1.165) is 25.3 Å². The molecule has 2 N–H and O–H groups in total. The molecule has 116 valence electrons. The Balaban J connectivity index is 2.09.